The van der Waals surface area contributed by atoms with Crippen molar-refractivity contribution in [3.63, 3.8) is 0 Å². The Bertz CT molecular complexity index is 977. The predicted octanol–water partition coefficient (Wildman–Crippen LogP) is 5.07. The van der Waals surface area contributed by atoms with Gasteiger partial charge in [0.15, 0.2) is 0 Å². The zero-order valence-corrected chi connectivity index (χ0v) is 15.0. The molecular formula is C23H23NO2. The number of anilines is 1. The molecule has 0 fully saturated rings. The van der Waals surface area contributed by atoms with Gasteiger partial charge in [-0.15, -0.1) is 0 Å². The minimum atomic E-state index is -0.116. The van der Waals surface area contributed by atoms with E-state index in [0.717, 1.165) is 29.7 Å². The number of fused-ring (bicyclic) bond motifs is 2. The van der Waals surface area contributed by atoms with Gasteiger partial charge in [0, 0.05) is 11.3 Å². The lowest BCUT2D eigenvalue weighted by Gasteiger charge is -2.14. The van der Waals surface area contributed by atoms with Crippen LogP contribution in [0.2, 0.25) is 0 Å². The van der Waals surface area contributed by atoms with E-state index in [1.165, 1.54) is 21.9 Å². The van der Waals surface area contributed by atoms with Crippen LogP contribution < -0.4 is 5.73 Å². The maximum absolute atomic E-state index is 11.9. The summed E-state index contributed by atoms with van der Waals surface area (Å²) < 4.78 is 5.14. The highest BCUT2D eigenvalue weighted by Gasteiger charge is 2.26. The van der Waals surface area contributed by atoms with Crippen molar-refractivity contribution >= 4 is 22.4 Å². The number of aryl methyl sites for hydroxylation is 1. The van der Waals surface area contributed by atoms with E-state index in [4.69, 9.17) is 10.5 Å². The first-order valence-electron chi connectivity index (χ1n) is 9.23. The Hall–Kier alpha value is -2.81. The van der Waals surface area contributed by atoms with Gasteiger partial charge in [0.2, 0.25) is 0 Å². The first-order valence-corrected chi connectivity index (χ1v) is 9.23. The van der Waals surface area contributed by atoms with Gasteiger partial charge in [-0.3, -0.25) is 4.79 Å². The molecule has 0 bridgehead atoms. The van der Waals surface area contributed by atoms with Crippen LogP contribution in [0, 0.1) is 0 Å². The Kier molecular flexibility index (Phi) is 4.37. The van der Waals surface area contributed by atoms with E-state index in [1.807, 2.05) is 19.1 Å². The molecule has 0 spiro atoms. The lowest BCUT2D eigenvalue weighted by molar-refractivity contribution is -0.143. The predicted molar refractivity (Wildman–Crippen MR) is 106 cm³/mol. The second-order valence-corrected chi connectivity index (χ2v) is 6.94. The third kappa shape index (κ3) is 3.05. The van der Waals surface area contributed by atoms with E-state index in [-0.39, 0.29) is 11.9 Å². The molecule has 1 aliphatic rings. The highest BCUT2D eigenvalue weighted by molar-refractivity contribution is 5.90. The van der Waals surface area contributed by atoms with Crippen molar-refractivity contribution < 1.29 is 9.53 Å². The summed E-state index contributed by atoms with van der Waals surface area (Å²) >= 11 is 0. The Morgan fingerprint density at radius 3 is 2.73 bits per heavy atom. The van der Waals surface area contributed by atoms with Crippen LogP contribution in [-0.2, 0) is 16.0 Å². The van der Waals surface area contributed by atoms with E-state index in [0.29, 0.717) is 13.0 Å². The van der Waals surface area contributed by atoms with Crippen LogP contribution >= 0.6 is 0 Å². The monoisotopic (exact) mass is 345 g/mol. The highest BCUT2D eigenvalue weighted by Crippen LogP contribution is 2.41. The van der Waals surface area contributed by atoms with E-state index in [2.05, 4.69) is 42.5 Å². The Morgan fingerprint density at radius 1 is 1.12 bits per heavy atom. The molecular weight excluding hydrogens is 322 g/mol. The molecule has 1 unspecified atom stereocenters. The normalized spacial score (nSPS) is 15.8. The Balaban J connectivity index is 1.72. The average Bonchev–Trinajstić information content (AvgIpc) is 3.02. The van der Waals surface area contributed by atoms with Crippen LogP contribution in [0.15, 0.2) is 54.6 Å². The van der Waals surface area contributed by atoms with Gasteiger partial charge >= 0.3 is 5.97 Å². The van der Waals surface area contributed by atoms with Crippen LogP contribution in [0.3, 0.4) is 0 Å². The molecule has 0 saturated carbocycles. The molecule has 0 amide bonds. The van der Waals surface area contributed by atoms with Crippen molar-refractivity contribution in [3.05, 3.63) is 65.7 Å². The van der Waals surface area contributed by atoms with Gasteiger partial charge < -0.3 is 10.5 Å². The van der Waals surface area contributed by atoms with Crippen molar-refractivity contribution in [2.75, 3.05) is 12.3 Å². The molecule has 0 radical (unpaired) electrons. The maximum atomic E-state index is 11.9. The molecule has 0 saturated heterocycles. The Labute approximate surface area is 153 Å². The van der Waals surface area contributed by atoms with E-state index in [1.54, 1.807) is 0 Å². The molecule has 3 heteroatoms. The molecule has 3 aromatic carbocycles. The van der Waals surface area contributed by atoms with E-state index >= 15 is 0 Å². The lowest BCUT2D eigenvalue weighted by atomic mass is 9.92. The molecule has 1 atom stereocenters. The fourth-order valence-corrected chi connectivity index (χ4v) is 4.00. The molecule has 3 nitrogen and oxygen atoms in total. The number of carbonyl (C=O) groups is 1. The molecule has 0 heterocycles. The number of rotatable bonds is 4. The summed E-state index contributed by atoms with van der Waals surface area (Å²) in [5.74, 6) is 0.110. The molecule has 2 N–H and O–H groups in total. The minimum Gasteiger partial charge on any atom is -0.466 e. The third-order valence-electron chi connectivity index (χ3n) is 5.29. The number of ether oxygens (including phenoxy) is 1. The van der Waals surface area contributed by atoms with Gasteiger partial charge in [0.1, 0.15) is 0 Å². The summed E-state index contributed by atoms with van der Waals surface area (Å²) in [6.07, 6.45) is 2.40. The van der Waals surface area contributed by atoms with Gasteiger partial charge in [0.05, 0.1) is 13.0 Å². The lowest BCUT2D eigenvalue weighted by Crippen LogP contribution is -2.08. The zero-order valence-electron chi connectivity index (χ0n) is 15.0. The first-order chi connectivity index (χ1) is 12.7. The zero-order chi connectivity index (χ0) is 18.1. The number of nitrogen functional groups attached to an aromatic ring is 1. The summed E-state index contributed by atoms with van der Waals surface area (Å²) in [6.45, 7) is 2.28. The number of carbonyl (C=O) groups excluding carboxylic acids is 1. The van der Waals surface area contributed by atoms with Crippen LogP contribution in [0.25, 0.3) is 21.9 Å². The topological polar surface area (TPSA) is 52.3 Å². The van der Waals surface area contributed by atoms with Crippen LogP contribution in [0.4, 0.5) is 5.69 Å². The quantitative estimate of drug-likeness (QED) is 0.530. The van der Waals surface area contributed by atoms with Gasteiger partial charge in [0.25, 0.3) is 0 Å². The highest BCUT2D eigenvalue weighted by atomic mass is 16.5. The number of benzene rings is 3. The second-order valence-electron chi connectivity index (χ2n) is 6.94. The fraction of sp³-hybridized carbons (Fsp3) is 0.261. The molecule has 26 heavy (non-hydrogen) atoms. The second kappa shape index (κ2) is 6.83. The van der Waals surface area contributed by atoms with Crippen LogP contribution in [-0.4, -0.2) is 12.6 Å². The average molecular weight is 345 g/mol. The van der Waals surface area contributed by atoms with E-state index < -0.39 is 0 Å². The molecule has 3 aromatic rings. The molecule has 0 aromatic heterocycles. The van der Waals surface area contributed by atoms with Crippen LogP contribution in [0.5, 0.6) is 0 Å². The van der Waals surface area contributed by atoms with Gasteiger partial charge in [-0.2, -0.15) is 0 Å². The third-order valence-corrected chi connectivity index (χ3v) is 5.29. The Morgan fingerprint density at radius 2 is 1.92 bits per heavy atom. The number of esters is 1. The SMILES string of the molecule is CCOC(=O)CC1CCc2cc(N)c(-c3ccc4ccccc4c3)cc21. The van der Waals surface area contributed by atoms with Crippen molar-refractivity contribution in [2.45, 2.75) is 32.1 Å². The number of hydrogen-bond donors (Lipinski definition) is 1. The van der Waals surface area contributed by atoms with Gasteiger partial charge in [-0.05, 0) is 71.3 Å². The largest absolute Gasteiger partial charge is 0.466 e. The smallest absolute Gasteiger partial charge is 0.306 e. The molecule has 132 valence electrons. The maximum Gasteiger partial charge on any atom is 0.306 e. The molecule has 0 aliphatic heterocycles. The van der Waals surface area contributed by atoms with Crippen LogP contribution in [0.1, 0.15) is 36.8 Å². The standard InChI is InChI=1S/C23H23NO2/c1-2-26-23(25)13-19-10-9-18-12-22(24)21(14-20(18)19)17-8-7-15-5-3-4-6-16(15)11-17/h3-8,11-12,14,19H,2,9-10,13,24H2,1H3. The molecule has 1 aliphatic carbocycles. The number of nitrogens with two attached hydrogens (primary N) is 1. The summed E-state index contributed by atoms with van der Waals surface area (Å²) in [5.41, 5.74) is 11.8. The summed E-state index contributed by atoms with van der Waals surface area (Å²) in [4.78, 5) is 11.9. The fourth-order valence-electron chi connectivity index (χ4n) is 4.00. The van der Waals surface area contributed by atoms with Gasteiger partial charge in [-0.25, -0.2) is 0 Å². The van der Waals surface area contributed by atoms with Gasteiger partial charge in [-0.1, -0.05) is 36.4 Å². The van der Waals surface area contributed by atoms with Crippen molar-refractivity contribution in [1.82, 2.24) is 0 Å². The van der Waals surface area contributed by atoms with Crippen molar-refractivity contribution in [3.8, 4) is 11.1 Å². The summed E-state index contributed by atoms with van der Waals surface area (Å²) in [6, 6.07) is 19.0. The summed E-state index contributed by atoms with van der Waals surface area (Å²) in [7, 11) is 0. The van der Waals surface area contributed by atoms with Crippen molar-refractivity contribution in [2.24, 2.45) is 0 Å². The van der Waals surface area contributed by atoms with E-state index in [9.17, 15) is 4.79 Å². The van der Waals surface area contributed by atoms with Crippen molar-refractivity contribution in [1.29, 1.82) is 0 Å². The first kappa shape index (κ1) is 16.6. The number of hydrogen-bond acceptors (Lipinski definition) is 3. The molecule has 4 rings (SSSR count). The minimum absolute atomic E-state index is 0.116. The summed E-state index contributed by atoms with van der Waals surface area (Å²) in [5, 5.41) is 2.42.